The zero-order valence-corrected chi connectivity index (χ0v) is 13.1. The van der Waals surface area contributed by atoms with Crippen LogP contribution in [0.5, 0.6) is 0 Å². The van der Waals surface area contributed by atoms with Gasteiger partial charge in [0.05, 0.1) is 20.3 Å². The van der Waals surface area contributed by atoms with Gasteiger partial charge in [0, 0.05) is 10.2 Å². The smallest absolute Gasteiger partial charge is 0.354 e. The van der Waals surface area contributed by atoms with E-state index in [4.69, 9.17) is 0 Å². The molecule has 0 unspecified atom stereocenters. The molecule has 0 bridgehead atoms. The number of aryl methyl sites for hydroxylation is 1. The van der Waals surface area contributed by atoms with Gasteiger partial charge in [0.2, 0.25) is 0 Å². The first-order valence-electron chi connectivity index (χ1n) is 5.95. The monoisotopic (exact) mass is 341 g/mol. The van der Waals surface area contributed by atoms with Crippen molar-refractivity contribution in [1.29, 1.82) is 0 Å². The Kier molecular flexibility index (Phi) is 6.24. The van der Waals surface area contributed by atoms with Crippen molar-refractivity contribution < 1.29 is 19.1 Å². The minimum atomic E-state index is -0.642. The summed E-state index contributed by atoms with van der Waals surface area (Å²) in [5.41, 5.74) is 1.78. The Morgan fingerprint density at radius 1 is 1.30 bits per heavy atom. The molecule has 0 radical (unpaired) electrons. The van der Waals surface area contributed by atoms with E-state index in [-0.39, 0.29) is 5.70 Å². The molecule has 0 fully saturated rings. The highest BCUT2D eigenvalue weighted by atomic mass is 79.9. The molecule has 0 amide bonds. The molecule has 0 spiro atoms. The fourth-order valence-corrected chi connectivity index (χ4v) is 2.04. The molecule has 1 N–H and O–H groups in total. The molecule has 0 aromatic heterocycles. The summed E-state index contributed by atoms with van der Waals surface area (Å²) in [5.74, 6) is -1.28. The Balaban J connectivity index is 3.04. The predicted octanol–water partition coefficient (Wildman–Crippen LogP) is 2.65. The Morgan fingerprint density at radius 2 is 2.00 bits per heavy atom. The van der Waals surface area contributed by atoms with Gasteiger partial charge in [-0.25, -0.2) is 9.59 Å². The molecule has 0 atom stereocenters. The number of esters is 2. The summed E-state index contributed by atoms with van der Waals surface area (Å²) in [6, 6.07) is 5.55. The molecule has 5 nitrogen and oxygen atoms in total. The number of anilines is 1. The molecule has 1 aromatic rings. The van der Waals surface area contributed by atoms with E-state index in [0.717, 1.165) is 22.5 Å². The Labute approximate surface area is 126 Å². The van der Waals surface area contributed by atoms with Crippen molar-refractivity contribution in [2.45, 2.75) is 13.3 Å². The number of hydrogen-bond donors (Lipinski definition) is 1. The van der Waals surface area contributed by atoms with Crippen LogP contribution in [0.3, 0.4) is 0 Å². The number of ether oxygens (including phenoxy) is 2. The molecule has 108 valence electrons. The largest absolute Gasteiger partial charge is 0.466 e. The number of nitrogens with one attached hydrogen (secondary N) is 1. The average molecular weight is 342 g/mol. The second-order valence-corrected chi connectivity index (χ2v) is 4.71. The van der Waals surface area contributed by atoms with Gasteiger partial charge in [0.1, 0.15) is 5.70 Å². The lowest BCUT2D eigenvalue weighted by Gasteiger charge is -2.11. The molecule has 1 rings (SSSR count). The number of hydrogen-bond acceptors (Lipinski definition) is 5. The van der Waals surface area contributed by atoms with Crippen molar-refractivity contribution in [2.24, 2.45) is 0 Å². The van der Waals surface area contributed by atoms with E-state index in [1.807, 2.05) is 19.1 Å². The number of halogens is 1. The fraction of sp³-hybridized carbons (Fsp3) is 0.286. The Bertz CT molecular complexity index is 540. The second kappa shape index (κ2) is 7.69. The lowest BCUT2D eigenvalue weighted by molar-refractivity contribution is -0.138. The molecule has 0 saturated heterocycles. The summed E-state index contributed by atoms with van der Waals surface area (Å²) in [7, 11) is 2.48. The first-order valence-corrected chi connectivity index (χ1v) is 6.74. The van der Waals surface area contributed by atoms with Crippen molar-refractivity contribution in [2.75, 3.05) is 19.5 Å². The summed E-state index contributed by atoms with van der Waals surface area (Å²) >= 11 is 3.44. The van der Waals surface area contributed by atoms with Crippen LogP contribution in [-0.2, 0) is 25.5 Å². The molecule has 1 aromatic carbocycles. The molecule has 20 heavy (non-hydrogen) atoms. The topological polar surface area (TPSA) is 64.6 Å². The van der Waals surface area contributed by atoms with Crippen LogP contribution in [0.4, 0.5) is 5.69 Å². The highest BCUT2D eigenvalue weighted by Gasteiger charge is 2.13. The van der Waals surface area contributed by atoms with Crippen molar-refractivity contribution >= 4 is 33.6 Å². The van der Waals surface area contributed by atoms with Crippen LogP contribution in [0.15, 0.2) is 34.4 Å². The third-order valence-corrected chi connectivity index (χ3v) is 3.35. The van der Waals surface area contributed by atoms with Gasteiger partial charge in [0.15, 0.2) is 0 Å². The highest BCUT2D eigenvalue weighted by molar-refractivity contribution is 9.10. The van der Waals surface area contributed by atoms with Gasteiger partial charge in [-0.3, -0.25) is 0 Å². The number of carbonyl (C=O) groups excluding carboxylic acids is 2. The van der Waals surface area contributed by atoms with Gasteiger partial charge < -0.3 is 14.8 Å². The predicted molar refractivity (Wildman–Crippen MR) is 79.3 cm³/mol. The minimum absolute atomic E-state index is 0.0173. The van der Waals surface area contributed by atoms with Crippen LogP contribution in [0.1, 0.15) is 12.5 Å². The third-order valence-electron chi connectivity index (χ3n) is 2.57. The maximum atomic E-state index is 11.6. The molecule has 0 aliphatic rings. The maximum absolute atomic E-state index is 11.6. The van der Waals surface area contributed by atoms with Crippen LogP contribution >= 0.6 is 15.9 Å². The standard InChI is InChI=1S/C14H16BrNO4/c1-4-9-7-10(5-6-11(9)15)16-12(14(18)20-3)8-13(17)19-2/h5-8,16H,4H2,1-3H3/b12-8+. The third kappa shape index (κ3) is 4.38. The first-order chi connectivity index (χ1) is 9.51. The molecule has 0 aliphatic heterocycles. The van der Waals surface area contributed by atoms with Crippen molar-refractivity contribution in [3.63, 3.8) is 0 Å². The Hall–Kier alpha value is -1.82. The molecular weight excluding hydrogens is 326 g/mol. The van der Waals surface area contributed by atoms with E-state index in [1.165, 1.54) is 14.2 Å². The summed E-state index contributed by atoms with van der Waals surface area (Å²) < 4.78 is 10.1. The summed E-state index contributed by atoms with van der Waals surface area (Å²) in [5, 5.41) is 2.86. The van der Waals surface area contributed by atoms with Crippen molar-refractivity contribution in [3.05, 3.63) is 40.0 Å². The van der Waals surface area contributed by atoms with Gasteiger partial charge in [0.25, 0.3) is 0 Å². The molecule has 0 heterocycles. The first kappa shape index (κ1) is 16.2. The summed E-state index contributed by atoms with van der Waals surface area (Å²) in [4.78, 5) is 22.9. The van der Waals surface area contributed by atoms with Crippen LogP contribution < -0.4 is 5.32 Å². The number of benzene rings is 1. The van der Waals surface area contributed by atoms with Gasteiger partial charge >= 0.3 is 11.9 Å². The van der Waals surface area contributed by atoms with E-state index in [2.05, 4.69) is 30.7 Å². The quantitative estimate of drug-likeness (QED) is 0.658. The van der Waals surface area contributed by atoms with Crippen LogP contribution in [-0.4, -0.2) is 26.2 Å². The Morgan fingerprint density at radius 3 is 2.55 bits per heavy atom. The highest BCUT2D eigenvalue weighted by Crippen LogP contribution is 2.22. The lowest BCUT2D eigenvalue weighted by atomic mass is 10.1. The van der Waals surface area contributed by atoms with Crippen LogP contribution in [0.25, 0.3) is 0 Å². The summed E-state index contributed by atoms with van der Waals surface area (Å²) in [6.07, 6.45) is 1.89. The molecule has 0 saturated carbocycles. The SMILES string of the molecule is CCc1cc(N/C(=C/C(=O)OC)C(=O)OC)ccc1Br. The summed E-state index contributed by atoms with van der Waals surface area (Å²) in [6.45, 7) is 2.02. The lowest BCUT2D eigenvalue weighted by Crippen LogP contribution is -2.15. The fourth-order valence-electron chi connectivity index (χ4n) is 1.51. The molecular formula is C14H16BrNO4. The van der Waals surface area contributed by atoms with Crippen molar-refractivity contribution in [3.8, 4) is 0 Å². The van der Waals surface area contributed by atoms with Gasteiger partial charge in [-0.15, -0.1) is 0 Å². The molecule has 6 heteroatoms. The van der Waals surface area contributed by atoms with E-state index in [0.29, 0.717) is 5.69 Å². The normalized spacial score (nSPS) is 10.9. The molecule has 0 aliphatic carbocycles. The second-order valence-electron chi connectivity index (χ2n) is 3.86. The maximum Gasteiger partial charge on any atom is 0.354 e. The van der Waals surface area contributed by atoms with Crippen LogP contribution in [0.2, 0.25) is 0 Å². The van der Waals surface area contributed by atoms with Gasteiger partial charge in [-0.2, -0.15) is 0 Å². The van der Waals surface area contributed by atoms with Crippen molar-refractivity contribution in [1.82, 2.24) is 0 Å². The van der Waals surface area contributed by atoms with Gasteiger partial charge in [-0.05, 0) is 30.2 Å². The van der Waals surface area contributed by atoms with Gasteiger partial charge in [-0.1, -0.05) is 22.9 Å². The zero-order chi connectivity index (χ0) is 15.1. The van der Waals surface area contributed by atoms with Crippen LogP contribution in [0, 0.1) is 0 Å². The zero-order valence-electron chi connectivity index (χ0n) is 11.5. The minimum Gasteiger partial charge on any atom is -0.466 e. The van der Waals surface area contributed by atoms with E-state index in [1.54, 1.807) is 6.07 Å². The average Bonchev–Trinajstić information content (AvgIpc) is 2.47. The van der Waals surface area contributed by atoms with E-state index in [9.17, 15) is 9.59 Å². The van der Waals surface area contributed by atoms with E-state index >= 15 is 0 Å². The number of carbonyl (C=O) groups is 2. The number of methoxy groups -OCH3 is 2. The number of rotatable bonds is 5. The van der Waals surface area contributed by atoms with E-state index < -0.39 is 11.9 Å².